The Morgan fingerprint density at radius 1 is 0.302 bits per heavy atom. The lowest BCUT2D eigenvalue weighted by Crippen LogP contribution is -2.30. The first-order valence-electron chi connectivity index (χ1n) is 39.9. The van der Waals surface area contributed by atoms with Crippen LogP contribution in [0.5, 0.6) is 0 Å². The minimum Gasteiger partial charge on any atom is -0.462 e. The van der Waals surface area contributed by atoms with E-state index in [1.165, 1.54) is 199 Å². The number of hydrogen-bond donors (Lipinski definition) is 3. The van der Waals surface area contributed by atoms with Crippen LogP contribution in [0.3, 0.4) is 0 Å². The normalized spacial score (nSPS) is 14.3. The molecule has 0 aliphatic carbocycles. The third kappa shape index (κ3) is 69.2. The molecule has 0 aromatic heterocycles. The van der Waals surface area contributed by atoms with Crippen LogP contribution in [0, 0.1) is 17.8 Å². The number of carbonyl (C=O) groups excluding carboxylic acids is 4. The fourth-order valence-corrected chi connectivity index (χ4v) is 13.3. The van der Waals surface area contributed by atoms with E-state index in [0.717, 1.165) is 108 Å². The van der Waals surface area contributed by atoms with Gasteiger partial charge in [0.15, 0.2) is 12.2 Å². The first-order chi connectivity index (χ1) is 46.3. The smallest absolute Gasteiger partial charge is 0.462 e. The molecule has 0 aliphatic heterocycles. The number of hydrogen-bond acceptors (Lipinski definition) is 15. The van der Waals surface area contributed by atoms with E-state index in [0.29, 0.717) is 31.6 Å². The molecule has 0 saturated heterocycles. The Hall–Kier alpha value is -1.94. The highest BCUT2D eigenvalue weighted by atomic mass is 31.2. The maximum Gasteiger partial charge on any atom is 0.472 e. The topological polar surface area (TPSA) is 237 Å². The summed E-state index contributed by atoms with van der Waals surface area (Å²) in [5.74, 6) is 0.150. The number of ether oxygens (including phenoxy) is 4. The highest BCUT2D eigenvalue weighted by Crippen LogP contribution is 2.45. The molecule has 0 rings (SSSR count). The van der Waals surface area contributed by atoms with Crippen LogP contribution in [0.1, 0.15) is 395 Å². The summed E-state index contributed by atoms with van der Waals surface area (Å²) in [5.41, 5.74) is 0. The van der Waals surface area contributed by atoms with Gasteiger partial charge in [-0.2, -0.15) is 0 Å². The second kappa shape index (κ2) is 67.5. The summed E-state index contributed by atoms with van der Waals surface area (Å²) in [4.78, 5) is 72.8. The van der Waals surface area contributed by atoms with Gasteiger partial charge in [0.05, 0.1) is 26.4 Å². The van der Waals surface area contributed by atoms with Crippen LogP contribution in [0.2, 0.25) is 0 Å². The molecule has 0 fully saturated rings. The van der Waals surface area contributed by atoms with E-state index in [-0.39, 0.29) is 25.7 Å². The van der Waals surface area contributed by atoms with Crippen molar-refractivity contribution in [3.05, 3.63) is 0 Å². The van der Waals surface area contributed by atoms with E-state index in [1.807, 2.05) is 0 Å². The molecule has 19 heteroatoms. The van der Waals surface area contributed by atoms with Crippen molar-refractivity contribution in [1.29, 1.82) is 0 Å². The Kier molecular flexibility index (Phi) is 66.2. The van der Waals surface area contributed by atoms with E-state index in [9.17, 15) is 43.2 Å². The lowest BCUT2D eigenvalue weighted by atomic mass is 9.99. The van der Waals surface area contributed by atoms with Gasteiger partial charge < -0.3 is 33.8 Å². The molecule has 0 radical (unpaired) electrons. The predicted molar refractivity (Wildman–Crippen MR) is 391 cm³/mol. The predicted octanol–water partition coefficient (Wildman–Crippen LogP) is 22.6. The zero-order valence-electron chi connectivity index (χ0n) is 62.8. The lowest BCUT2D eigenvalue weighted by molar-refractivity contribution is -0.161. The van der Waals surface area contributed by atoms with Gasteiger partial charge in [-0.05, 0) is 43.4 Å². The van der Waals surface area contributed by atoms with Gasteiger partial charge in [-0.25, -0.2) is 9.13 Å². The van der Waals surface area contributed by atoms with Gasteiger partial charge in [0.25, 0.3) is 0 Å². The van der Waals surface area contributed by atoms with Gasteiger partial charge in [0, 0.05) is 25.7 Å². The summed E-state index contributed by atoms with van der Waals surface area (Å²) < 4.78 is 68.5. The number of phosphoric acid groups is 2. The number of rotatable bonds is 75. The lowest BCUT2D eigenvalue weighted by Gasteiger charge is -2.21. The van der Waals surface area contributed by atoms with E-state index < -0.39 is 97.5 Å². The molecule has 0 aliphatic rings. The van der Waals surface area contributed by atoms with Crippen molar-refractivity contribution in [3.63, 3.8) is 0 Å². The van der Waals surface area contributed by atoms with Gasteiger partial charge in [0.1, 0.15) is 19.3 Å². The molecule has 0 aromatic rings. The molecular formula is C77H150O17P2. The van der Waals surface area contributed by atoms with Crippen LogP contribution >= 0.6 is 15.6 Å². The molecule has 0 aromatic carbocycles. The fraction of sp³-hybridized carbons (Fsp3) is 0.948. The summed E-state index contributed by atoms with van der Waals surface area (Å²) >= 11 is 0. The summed E-state index contributed by atoms with van der Waals surface area (Å²) in [7, 11) is -9.91. The highest BCUT2D eigenvalue weighted by molar-refractivity contribution is 7.47. The second-order valence-corrected chi connectivity index (χ2v) is 31.8. The quantitative estimate of drug-likeness (QED) is 0.0222. The van der Waals surface area contributed by atoms with Crippen LogP contribution in [0.25, 0.3) is 0 Å². The summed E-state index contributed by atoms with van der Waals surface area (Å²) in [5, 5.41) is 10.6. The SMILES string of the molecule is CCCCCCCCCCCCCCCCC(=O)OC[C@H](COP(=O)(O)OC[C@@H](O)COP(=O)(O)OC[C@@H](COC(=O)CCCCCCCCC(C)C)OC(=O)CCCCCCCCCCC(C)CC)OC(=O)CCCCCCCCCCCCCCCCCCCCC(C)C. The first kappa shape index (κ1) is 94.1. The third-order valence-corrected chi connectivity index (χ3v) is 20.1. The number of carbonyl (C=O) groups is 4. The van der Waals surface area contributed by atoms with E-state index in [1.54, 1.807) is 0 Å². The summed E-state index contributed by atoms with van der Waals surface area (Å²) in [6, 6.07) is 0. The average molecular weight is 1410 g/mol. The molecule has 17 nitrogen and oxygen atoms in total. The maximum absolute atomic E-state index is 13.1. The molecule has 6 atom stereocenters. The standard InChI is InChI=1S/C77H150O17P2/c1-8-10-11-12-13-14-15-16-24-27-30-36-44-51-58-74(79)87-64-72(93-76(81)60-53-46-37-31-28-25-22-20-18-17-19-21-23-26-29-34-41-48-55-68(3)4)66-91-95(83,84)89-62-71(78)63-90-96(85,86)92-67-73(65-88-75(80)59-52-45-40-39-42-49-56-69(5)6)94-77(82)61-54-47-38-33-32-35-43-50-57-70(7)9-2/h68-73,78H,8-67H2,1-7H3,(H,83,84)(H,85,86)/t70?,71-,72-,73-/m1/s1. The summed E-state index contributed by atoms with van der Waals surface area (Å²) in [6.07, 6.45) is 54.3. The van der Waals surface area contributed by atoms with Gasteiger partial charge in [-0.15, -0.1) is 0 Å². The van der Waals surface area contributed by atoms with Gasteiger partial charge in [0.2, 0.25) is 0 Å². The molecule has 0 bridgehead atoms. The number of phosphoric ester groups is 2. The van der Waals surface area contributed by atoms with Crippen molar-refractivity contribution in [2.45, 2.75) is 414 Å². The van der Waals surface area contributed by atoms with Crippen LogP contribution in [-0.2, 0) is 65.4 Å². The average Bonchev–Trinajstić information content (AvgIpc) is 1.13. The zero-order valence-corrected chi connectivity index (χ0v) is 64.6. The maximum atomic E-state index is 13.1. The second-order valence-electron chi connectivity index (χ2n) is 28.9. The molecular weight excluding hydrogens is 1260 g/mol. The number of unbranched alkanes of at least 4 members (excludes halogenated alkanes) is 42. The van der Waals surface area contributed by atoms with Crippen molar-refractivity contribution < 1.29 is 80.2 Å². The van der Waals surface area contributed by atoms with Crippen LogP contribution in [-0.4, -0.2) is 96.7 Å². The third-order valence-electron chi connectivity index (χ3n) is 18.2. The van der Waals surface area contributed by atoms with Crippen LogP contribution in [0.4, 0.5) is 0 Å². The summed E-state index contributed by atoms with van der Waals surface area (Å²) in [6.45, 7) is 11.9. The molecule has 96 heavy (non-hydrogen) atoms. The minimum absolute atomic E-state index is 0.104. The minimum atomic E-state index is -4.96. The molecule has 570 valence electrons. The Labute approximate surface area is 588 Å². The highest BCUT2D eigenvalue weighted by Gasteiger charge is 2.30. The van der Waals surface area contributed by atoms with Gasteiger partial charge in [-0.3, -0.25) is 37.3 Å². The Morgan fingerprint density at radius 2 is 0.531 bits per heavy atom. The molecule has 3 unspecified atom stereocenters. The van der Waals surface area contributed by atoms with Crippen molar-refractivity contribution in [3.8, 4) is 0 Å². The number of aliphatic hydroxyl groups is 1. The first-order valence-corrected chi connectivity index (χ1v) is 42.9. The number of aliphatic hydroxyl groups excluding tert-OH is 1. The van der Waals surface area contributed by atoms with Gasteiger partial charge >= 0.3 is 39.5 Å². The molecule has 0 saturated carbocycles. The van der Waals surface area contributed by atoms with Crippen LogP contribution in [0.15, 0.2) is 0 Å². The Bertz CT molecular complexity index is 1870. The molecule has 0 spiro atoms. The van der Waals surface area contributed by atoms with Crippen molar-refractivity contribution >= 4 is 39.5 Å². The molecule has 0 heterocycles. The molecule has 0 amide bonds. The van der Waals surface area contributed by atoms with Crippen LogP contribution < -0.4 is 0 Å². The fourth-order valence-electron chi connectivity index (χ4n) is 11.7. The monoisotopic (exact) mass is 1410 g/mol. The Morgan fingerprint density at radius 3 is 0.792 bits per heavy atom. The Balaban J connectivity index is 5.20. The zero-order chi connectivity index (χ0) is 70.9. The largest absolute Gasteiger partial charge is 0.472 e. The van der Waals surface area contributed by atoms with E-state index >= 15 is 0 Å². The van der Waals surface area contributed by atoms with E-state index in [2.05, 4.69) is 48.5 Å². The number of esters is 4. The molecule has 3 N–H and O–H groups in total. The van der Waals surface area contributed by atoms with Crippen molar-refractivity contribution in [1.82, 2.24) is 0 Å². The van der Waals surface area contributed by atoms with Crippen molar-refractivity contribution in [2.24, 2.45) is 17.8 Å². The van der Waals surface area contributed by atoms with Gasteiger partial charge in [-0.1, -0.05) is 344 Å². The van der Waals surface area contributed by atoms with Crippen molar-refractivity contribution in [2.75, 3.05) is 39.6 Å². The van der Waals surface area contributed by atoms with E-state index in [4.69, 9.17) is 37.0 Å².